The zero-order valence-corrected chi connectivity index (χ0v) is 9.61. The van der Waals surface area contributed by atoms with Crippen LogP contribution in [0.5, 0.6) is 0 Å². The number of hydrogen-bond donors (Lipinski definition) is 0. The summed E-state index contributed by atoms with van der Waals surface area (Å²) < 4.78 is 0. The second-order valence-electron chi connectivity index (χ2n) is 3.66. The van der Waals surface area contributed by atoms with Crippen LogP contribution in [-0.2, 0) is 6.42 Å². The van der Waals surface area contributed by atoms with Crippen LogP contribution in [0.15, 0.2) is 47.0 Å². The molecular formula is C14H19N. The van der Waals surface area contributed by atoms with Crippen molar-refractivity contribution in [2.24, 2.45) is 4.99 Å². The molecule has 0 aliphatic heterocycles. The van der Waals surface area contributed by atoms with Crippen molar-refractivity contribution in [3.05, 3.63) is 47.5 Å². The monoisotopic (exact) mass is 201 g/mol. The van der Waals surface area contributed by atoms with Crippen molar-refractivity contribution in [2.45, 2.75) is 26.7 Å². The van der Waals surface area contributed by atoms with Crippen LogP contribution in [-0.4, -0.2) is 12.8 Å². The summed E-state index contributed by atoms with van der Waals surface area (Å²) >= 11 is 0. The van der Waals surface area contributed by atoms with E-state index in [9.17, 15) is 0 Å². The molecule has 0 amide bonds. The molecule has 0 saturated carbocycles. The lowest BCUT2D eigenvalue weighted by atomic mass is 10.1. The summed E-state index contributed by atoms with van der Waals surface area (Å²) in [7, 11) is 0. The maximum atomic E-state index is 4.36. The maximum Gasteiger partial charge on any atom is 0.0392 e. The molecule has 80 valence electrons. The van der Waals surface area contributed by atoms with Gasteiger partial charge in [-0.05, 0) is 37.8 Å². The number of nitrogens with zero attached hydrogens (tertiary/aromatic N) is 1. The van der Waals surface area contributed by atoms with Crippen molar-refractivity contribution in [1.82, 2.24) is 0 Å². The van der Waals surface area contributed by atoms with Gasteiger partial charge in [0.1, 0.15) is 0 Å². The first-order chi connectivity index (χ1) is 7.33. The number of rotatable bonds is 5. The highest BCUT2D eigenvalue weighted by atomic mass is 14.7. The SMILES string of the molecule is C/C=C(C)\C=N/CCCc1ccccc1. The first-order valence-corrected chi connectivity index (χ1v) is 5.49. The topological polar surface area (TPSA) is 12.4 Å². The van der Waals surface area contributed by atoms with E-state index in [1.807, 2.05) is 13.1 Å². The van der Waals surface area contributed by atoms with Crippen LogP contribution in [0.1, 0.15) is 25.8 Å². The molecule has 0 aliphatic carbocycles. The zero-order chi connectivity index (χ0) is 10.9. The molecule has 0 bridgehead atoms. The smallest absolute Gasteiger partial charge is 0.0392 e. The Morgan fingerprint density at radius 1 is 1.27 bits per heavy atom. The molecule has 0 atom stereocenters. The van der Waals surface area contributed by atoms with Gasteiger partial charge in [0, 0.05) is 12.8 Å². The van der Waals surface area contributed by atoms with E-state index in [-0.39, 0.29) is 0 Å². The molecule has 0 fully saturated rings. The molecule has 0 heterocycles. The summed E-state index contributed by atoms with van der Waals surface area (Å²) in [6, 6.07) is 10.6. The summed E-state index contributed by atoms with van der Waals surface area (Å²) in [5.41, 5.74) is 2.63. The lowest BCUT2D eigenvalue weighted by molar-refractivity contribution is 0.836. The van der Waals surface area contributed by atoms with Crippen molar-refractivity contribution in [2.75, 3.05) is 6.54 Å². The second kappa shape index (κ2) is 6.99. The standard InChI is InChI=1S/C14H19N/c1-3-13(2)12-15-11-7-10-14-8-5-4-6-9-14/h3-6,8-9,12H,7,10-11H2,1-2H3/b13-3-,15-12-. The Bertz CT molecular complexity index is 322. The number of hydrogen-bond acceptors (Lipinski definition) is 1. The van der Waals surface area contributed by atoms with Gasteiger partial charge in [0.2, 0.25) is 0 Å². The largest absolute Gasteiger partial charge is 0.293 e. The van der Waals surface area contributed by atoms with Crippen molar-refractivity contribution < 1.29 is 0 Å². The normalized spacial score (nSPS) is 12.3. The van der Waals surface area contributed by atoms with Crippen molar-refractivity contribution in [3.63, 3.8) is 0 Å². The third kappa shape index (κ3) is 5.16. The first-order valence-electron chi connectivity index (χ1n) is 5.49. The van der Waals surface area contributed by atoms with Crippen molar-refractivity contribution >= 4 is 6.21 Å². The average Bonchev–Trinajstić information content (AvgIpc) is 2.29. The highest BCUT2D eigenvalue weighted by Gasteiger charge is 1.89. The molecule has 0 aromatic heterocycles. The van der Waals surface area contributed by atoms with E-state index in [0.29, 0.717) is 0 Å². The van der Waals surface area contributed by atoms with Gasteiger partial charge < -0.3 is 0 Å². The van der Waals surface area contributed by atoms with Crippen LogP contribution in [0, 0.1) is 0 Å². The maximum absolute atomic E-state index is 4.36. The molecule has 1 aromatic rings. The van der Waals surface area contributed by atoms with Crippen LogP contribution in [0.25, 0.3) is 0 Å². The first kappa shape index (κ1) is 11.7. The molecule has 1 aromatic carbocycles. The highest BCUT2D eigenvalue weighted by molar-refractivity contribution is 5.77. The molecule has 15 heavy (non-hydrogen) atoms. The molecule has 0 unspecified atom stereocenters. The van der Waals surface area contributed by atoms with Gasteiger partial charge in [-0.3, -0.25) is 4.99 Å². The van der Waals surface area contributed by atoms with Crippen LogP contribution >= 0.6 is 0 Å². The third-order valence-corrected chi connectivity index (χ3v) is 2.35. The molecule has 1 rings (SSSR count). The summed E-state index contributed by atoms with van der Waals surface area (Å²) in [6.07, 6.45) is 6.26. The summed E-state index contributed by atoms with van der Waals surface area (Å²) in [5.74, 6) is 0. The average molecular weight is 201 g/mol. The summed E-state index contributed by atoms with van der Waals surface area (Å²) in [5, 5.41) is 0. The van der Waals surface area contributed by atoms with Crippen LogP contribution in [0.4, 0.5) is 0 Å². The Kier molecular flexibility index (Phi) is 5.46. The fourth-order valence-corrected chi connectivity index (χ4v) is 1.30. The third-order valence-electron chi connectivity index (χ3n) is 2.35. The minimum absolute atomic E-state index is 0.917. The number of aryl methyl sites for hydroxylation is 1. The molecule has 0 saturated heterocycles. The van der Waals surface area contributed by atoms with Crippen LogP contribution in [0.3, 0.4) is 0 Å². The Hall–Kier alpha value is -1.37. The Morgan fingerprint density at radius 2 is 2.00 bits per heavy atom. The molecule has 0 N–H and O–H groups in total. The van der Waals surface area contributed by atoms with Gasteiger partial charge in [-0.1, -0.05) is 36.4 Å². The Labute approximate surface area is 92.6 Å². The van der Waals surface area contributed by atoms with Crippen molar-refractivity contribution in [3.8, 4) is 0 Å². The molecule has 0 radical (unpaired) electrons. The quantitative estimate of drug-likeness (QED) is 0.509. The van der Waals surface area contributed by atoms with E-state index in [2.05, 4.69) is 48.3 Å². The van der Waals surface area contributed by atoms with E-state index in [1.54, 1.807) is 0 Å². The summed E-state index contributed by atoms with van der Waals surface area (Å²) in [6.45, 7) is 5.02. The van der Waals surface area contributed by atoms with E-state index in [4.69, 9.17) is 0 Å². The summed E-state index contributed by atoms with van der Waals surface area (Å²) in [4.78, 5) is 4.36. The fourth-order valence-electron chi connectivity index (χ4n) is 1.30. The lowest BCUT2D eigenvalue weighted by Gasteiger charge is -1.98. The molecular weight excluding hydrogens is 182 g/mol. The minimum Gasteiger partial charge on any atom is -0.293 e. The zero-order valence-electron chi connectivity index (χ0n) is 9.61. The van der Waals surface area contributed by atoms with Gasteiger partial charge in [0.15, 0.2) is 0 Å². The molecule has 0 spiro atoms. The van der Waals surface area contributed by atoms with Gasteiger partial charge in [-0.2, -0.15) is 0 Å². The minimum atomic E-state index is 0.917. The Balaban J connectivity index is 2.20. The van der Waals surface area contributed by atoms with Crippen molar-refractivity contribution in [1.29, 1.82) is 0 Å². The molecule has 0 aliphatic rings. The van der Waals surface area contributed by atoms with E-state index < -0.39 is 0 Å². The molecule has 1 nitrogen and oxygen atoms in total. The number of aliphatic imine (C=N–C) groups is 1. The van der Waals surface area contributed by atoms with Gasteiger partial charge >= 0.3 is 0 Å². The van der Waals surface area contributed by atoms with Gasteiger partial charge in [-0.25, -0.2) is 0 Å². The molecule has 1 heteroatoms. The number of benzene rings is 1. The highest BCUT2D eigenvalue weighted by Crippen LogP contribution is 2.02. The lowest BCUT2D eigenvalue weighted by Crippen LogP contribution is -1.89. The van der Waals surface area contributed by atoms with E-state index in [1.165, 1.54) is 11.1 Å². The van der Waals surface area contributed by atoms with E-state index >= 15 is 0 Å². The predicted octanol–water partition coefficient (Wildman–Crippen LogP) is 3.66. The fraction of sp³-hybridized carbons (Fsp3) is 0.357. The van der Waals surface area contributed by atoms with Gasteiger partial charge in [-0.15, -0.1) is 0 Å². The Morgan fingerprint density at radius 3 is 2.67 bits per heavy atom. The van der Waals surface area contributed by atoms with Crippen LogP contribution in [0.2, 0.25) is 0 Å². The van der Waals surface area contributed by atoms with Crippen LogP contribution < -0.4 is 0 Å². The van der Waals surface area contributed by atoms with E-state index in [0.717, 1.165) is 19.4 Å². The number of allylic oxidation sites excluding steroid dienone is 2. The van der Waals surface area contributed by atoms with Gasteiger partial charge in [0.05, 0.1) is 0 Å². The second-order valence-corrected chi connectivity index (χ2v) is 3.66. The van der Waals surface area contributed by atoms with Gasteiger partial charge in [0.25, 0.3) is 0 Å². The predicted molar refractivity (Wildman–Crippen MR) is 67.6 cm³/mol.